The quantitative estimate of drug-likeness (QED) is 0.352. The van der Waals surface area contributed by atoms with E-state index >= 15 is 0 Å². The molecule has 0 amide bonds. The molecule has 0 aliphatic heterocycles. The molecular weight excluding hydrogens is 386 g/mol. The fraction of sp³-hybridized carbons (Fsp3) is 0.0385. The summed E-state index contributed by atoms with van der Waals surface area (Å²) in [7, 11) is 0. The molecule has 5 heteroatoms. The third-order valence-corrected chi connectivity index (χ3v) is 4.90. The van der Waals surface area contributed by atoms with E-state index in [9.17, 15) is 9.90 Å². The first kappa shape index (κ1) is 19.9. The normalized spacial score (nSPS) is 11.3. The molecule has 0 aliphatic rings. The Bertz CT molecular complexity index is 1380. The monoisotopic (exact) mass is 405 g/mol. The molecule has 0 aliphatic carbocycles. The van der Waals surface area contributed by atoms with Gasteiger partial charge in [-0.15, -0.1) is 0 Å². The SMILES string of the molecule is N#CCc1ccc(N=Cc2c(O)[nH]c(=O)c3ccc(/C=C/c4ccccc4)cc23)cc1. The summed E-state index contributed by atoms with van der Waals surface area (Å²) in [6.07, 6.45) is 5.83. The van der Waals surface area contributed by atoms with Crippen molar-refractivity contribution in [1.29, 1.82) is 5.26 Å². The molecule has 2 N–H and O–H groups in total. The summed E-state index contributed by atoms with van der Waals surface area (Å²) >= 11 is 0. The average Bonchev–Trinajstić information content (AvgIpc) is 2.79. The number of benzene rings is 3. The van der Waals surface area contributed by atoms with E-state index in [4.69, 9.17) is 5.26 Å². The van der Waals surface area contributed by atoms with Gasteiger partial charge in [-0.25, -0.2) is 0 Å². The van der Waals surface area contributed by atoms with Gasteiger partial charge in [0, 0.05) is 17.0 Å². The van der Waals surface area contributed by atoms with Gasteiger partial charge >= 0.3 is 0 Å². The maximum absolute atomic E-state index is 12.3. The number of nitrogens with one attached hydrogen (secondary N) is 1. The Morgan fingerprint density at radius 3 is 2.42 bits per heavy atom. The van der Waals surface area contributed by atoms with Crippen LogP contribution < -0.4 is 5.56 Å². The maximum Gasteiger partial charge on any atom is 0.258 e. The van der Waals surface area contributed by atoms with Gasteiger partial charge in [-0.3, -0.25) is 14.8 Å². The van der Waals surface area contributed by atoms with Crippen LogP contribution in [0.3, 0.4) is 0 Å². The highest BCUT2D eigenvalue weighted by atomic mass is 16.3. The predicted octanol–water partition coefficient (Wildman–Crippen LogP) is 5.22. The number of aromatic nitrogens is 1. The Labute approximate surface area is 179 Å². The number of aromatic hydroxyl groups is 1. The Morgan fingerprint density at radius 1 is 0.935 bits per heavy atom. The summed E-state index contributed by atoms with van der Waals surface area (Å²) in [5.74, 6) is -0.230. The van der Waals surface area contributed by atoms with Crippen LogP contribution in [0.5, 0.6) is 5.88 Å². The van der Waals surface area contributed by atoms with Gasteiger partial charge in [0.05, 0.1) is 23.7 Å². The molecule has 0 saturated heterocycles. The number of hydrogen-bond acceptors (Lipinski definition) is 4. The van der Waals surface area contributed by atoms with Crippen molar-refractivity contribution in [3.63, 3.8) is 0 Å². The molecule has 0 radical (unpaired) electrons. The number of rotatable bonds is 5. The fourth-order valence-corrected chi connectivity index (χ4v) is 3.27. The van der Waals surface area contributed by atoms with Crippen LogP contribution in [0.2, 0.25) is 0 Å². The Balaban J connectivity index is 1.72. The van der Waals surface area contributed by atoms with Gasteiger partial charge in [-0.2, -0.15) is 5.26 Å². The summed E-state index contributed by atoms with van der Waals surface area (Å²) < 4.78 is 0. The molecule has 0 bridgehead atoms. The van der Waals surface area contributed by atoms with Gasteiger partial charge in [0.25, 0.3) is 5.56 Å². The summed E-state index contributed by atoms with van der Waals surface area (Å²) in [6.45, 7) is 0. The first-order valence-electron chi connectivity index (χ1n) is 9.76. The molecule has 4 aromatic rings. The topological polar surface area (TPSA) is 89.2 Å². The molecule has 1 heterocycles. The molecule has 0 saturated carbocycles. The molecule has 3 aromatic carbocycles. The van der Waals surface area contributed by atoms with E-state index in [0.717, 1.165) is 16.7 Å². The zero-order valence-electron chi connectivity index (χ0n) is 16.6. The van der Waals surface area contributed by atoms with E-state index in [0.29, 0.717) is 28.4 Å². The smallest absolute Gasteiger partial charge is 0.258 e. The molecule has 150 valence electrons. The van der Waals surface area contributed by atoms with Gasteiger partial charge < -0.3 is 5.11 Å². The lowest BCUT2D eigenvalue weighted by Gasteiger charge is -2.06. The van der Waals surface area contributed by atoms with Gasteiger partial charge in [0.1, 0.15) is 0 Å². The van der Waals surface area contributed by atoms with Crippen LogP contribution in [0.1, 0.15) is 22.3 Å². The summed E-state index contributed by atoms with van der Waals surface area (Å²) in [6, 6.07) is 24.8. The Morgan fingerprint density at radius 2 is 1.68 bits per heavy atom. The largest absolute Gasteiger partial charge is 0.494 e. The third-order valence-electron chi connectivity index (χ3n) is 4.90. The van der Waals surface area contributed by atoms with E-state index in [-0.39, 0.29) is 11.4 Å². The van der Waals surface area contributed by atoms with Crippen LogP contribution in [-0.4, -0.2) is 16.3 Å². The number of hydrogen-bond donors (Lipinski definition) is 2. The highest BCUT2D eigenvalue weighted by Gasteiger charge is 2.10. The second-order valence-electron chi connectivity index (χ2n) is 7.02. The minimum atomic E-state index is -0.357. The van der Waals surface area contributed by atoms with Crippen molar-refractivity contribution in [3.8, 4) is 11.9 Å². The van der Waals surface area contributed by atoms with Crippen LogP contribution in [0.4, 0.5) is 5.69 Å². The van der Waals surface area contributed by atoms with Crippen LogP contribution in [-0.2, 0) is 6.42 Å². The second kappa shape index (κ2) is 8.93. The minimum Gasteiger partial charge on any atom is -0.494 e. The number of fused-ring (bicyclic) bond motifs is 1. The predicted molar refractivity (Wildman–Crippen MR) is 125 cm³/mol. The Kier molecular flexibility index (Phi) is 5.72. The second-order valence-corrected chi connectivity index (χ2v) is 7.02. The molecule has 0 unspecified atom stereocenters. The molecule has 1 aromatic heterocycles. The van der Waals surface area contributed by atoms with E-state index in [1.807, 2.05) is 78.9 Å². The number of H-pyrrole nitrogens is 1. The van der Waals surface area contributed by atoms with Gasteiger partial charge in [0.2, 0.25) is 5.88 Å². The first-order valence-corrected chi connectivity index (χ1v) is 9.76. The van der Waals surface area contributed by atoms with Crippen molar-refractivity contribution < 1.29 is 5.11 Å². The molecule has 0 atom stereocenters. The van der Waals surface area contributed by atoms with E-state index < -0.39 is 0 Å². The molecular formula is C26H19N3O2. The number of aromatic amines is 1. The van der Waals surface area contributed by atoms with Crippen molar-refractivity contribution in [3.05, 3.63) is 105 Å². The van der Waals surface area contributed by atoms with Crippen LogP contribution in [0.15, 0.2) is 82.6 Å². The molecule has 0 fully saturated rings. The third kappa shape index (κ3) is 4.60. The van der Waals surface area contributed by atoms with E-state index in [2.05, 4.69) is 16.0 Å². The molecule has 5 nitrogen and oxygen atoms in total. The van der Waals surface area contributed by atoms with Crippen LogP contribution in [0.25, 0.3) is 22.9 Å². The number of pyridine rings is 1. The van der Waals surface area contributed by atoms with Crippen molar-refractivity contribution in [2.75, 3.05) is 0 Å². The lowest BCUT2D eigenvalue weighted by Crippen LogP contribution is -2.08. The maximum atomic E-state index is 12.3. The lowest BCUT2D eigenvalue weighted by molar-refractivity contribution is 0.452. The van der Waals surface area contributed by atoms with Crippen LogP contribution in [0, 0.1) is 11.3 Å². The molecule has 31 heavy (non-hydrogen) atoms. The lowest BCUT2D eigenvalue weighted by atomic mass is 10.0. The minimum absolute atomic E-state index is 0.230. The van der Waals surface area contributed by atoms with Crippen molar-refractivity contribution in [1.82, 2.24) is 4.98 Å². The number of nitriles is 1. The van der Waals surface area contributed by atoms with Crippen molar-refractivity contribution in [2.45, 2.75) is 6.42 Å². The van der Waals surface area contributed by atoms with Gasteiger partial charge in [-0.1, -0.05) is 60.7 Å². The zero-order chi connectivity index (χ0) is 21.6. The summed E-state index contributed by atoms with van der Waals surface area (Å²) in [4.78, 5) is 19.2. The van der Waals surface area contributed by atoms with Crippen LogP contribution >= 0.6 is 0 Å². The van der Waals surface area contributed by atoms with Crippen molar-refractivity contribution >= 4 is 34.8 Å². The summed E-state index contributed by atoms with van der Waals surface area (Å²) in [5, 5.41) is 20.2. The fourth-order valence-electron chi connectivity index (χ4n) is 3.27. The van der Waals surface area contributed by atoms with E-state index in [1.54, 1.807) is 6.07 Å². The standard InChI is InChI=1S/C26H19N3O2/c27-15-14-19-8-11-21(12-9-19)28-17-24-23-16-20(7-6-18-4-2-1-3-5-18)10-13-22(23)25(30)29-26(24)31/h1-13,16-17H,14H2,(H2,29,30,31)/b7-6+,28-17?. The van der Waals surface area contributed by atoms with E-state index in [1.165, 1.54) is 6.21 Å². The first-order chi connectivity index (χ1) is 15.1. The Hall–Kier alpha value is -4.43. The van der Waals surface area contributed by atoms with Crippen molar-refractivity contribution in [2.24, 2.45) is 4.99 Å². The average molecular weight is 405 g/mol. The number of aliphatic imine (C=N–C) groups is 1. The molecule has 0 spiro atoms. The zero-order valence-corrected chi connectivity index (χ0v) is 16.6. The molecule has 4 rings (SSSR count). The highest BCUT2D eigenvalue weighted by molar-refractivity contribution is 6.02. The van der Waals surface area contributed by atoms with Gasteiger partial charge in [-0.05, 0) is 41.0 Å². The highest BCUT2D eigenvalue weighted by Crippen LogP contribution is 2.24. The number of nitrogens with zero attached hydrogens (tertiary/aromatic N) is 2. The van der Waals surface area contributed by atoms with Gasteiger partial charge in [0.15, 0.2) is 0 Å². The summed E-state index contributed by atoms with van der Waals surface area (Å²) in [5.41, 5.74) is 3.64.